The Labute approximate surface area is 152 Å². The third-order valence-corrected chi connectivity index (χ3v) is 3.42. The number of guanidine groups is 1. The van der Waals surface area contributed by atoms with E-state index < -0.39 is 11.7 Å². The molecule has 1 aromatic carbocycles. The smallest absolute Gasteiger partial charge is 0.209 e. The third-order valence-electron chi connectivity index (χ3n) is 3.13. The number of hydrogen-bond acceptors (Lipinski definition) is 7. The number of amidine groups is 1. The molecule has 0 saturated carbocycles. The number of nitriles is 1. The van der Waals surface area contributed by atoms with Crippen LogP contribution in [0.1, 0.15) is 11.4 Å². The Kier molecular flexibility index (Phi) is 6.05. The standard InChI is InChI=1S/C14H14ClFN8O2/c1-23(2)14(20-7-17)19-6-11-12(22-26-21-11)13(18)24(25)8-3-4-10(16)9(15)5-8/h3-5,18,25H,6H2,1-2H3,(H,19,20). The molecule has 0 aliphatic rings. The summed E-state index contributed by atoms with van der Waals surface area (Å²) in [5.41, 5.74) is 0.189. The van der Waals surface area contributed by atoms with Gasteiger partial charge in [0.2, 0.25) is 12.2 Å². The van der Waals surface area contributed by atoms with E-state index in [2.05, 4.69) is 25.3 Å². The Morgan fingerprint density at radius 1 is 1.50 bits per heavy atom. The minimum Gasteiger partial charge on any atom is -0.349 e. The fourth-order valence-corrected chi connectivity index (χ4v) is 2.03. The molecule has 0 spiro atoms. The van der Waals surface area contributed by atoms with Crippen LogP contribution in [0, 0.1) is 22.7 Å². The molecule has 3 N–H and O–H groups in total. The van der Waals surface area contributed by atoms with Crippen LogP contribution >= 0.6 is 11.6 Å². The molecule has 136 valence electrons. The number of rotatable bonds is 4. The van der Waals surface area contributed by atoms with Crippen LogP contribution in [0.25, 0.3) is 0 Å². The molecule has 0 atom stereocenters. The zero-order valence-electron chi connectivity index (χ0n) is 13.7. The van der Waals surface area contributed by atoms with Crippen molar-refractivity contribution < 1.29 is 14.2 Å². The molecule has 0 fully saturated rings. The predicted octanol–water partition coefficient (Wildman–Crippen LogP) is 1.57. The molecule has 12 heteroatoms. The first kappa shape index (κ1) is 19.1. The van der Waals surface area contributed by atoms with Crippen molar-refractivity contribution in [1.29, 1.82) is 10.7 Å². The van der Waals surface area contributed by atoms with E-state index in [4.69, 9.17) is 22.3 Å². The molecule has 0 unspecified atom stereocenters. The first-order valence-electron chi connectivity index (χ1n) is 7.07. The zero-order chi connectivity index (χ0) is 19.3. The van der Waals surface area contributed by atoms with Gasteiger partial charge in [-0.2, -0.15) is 5.26 Å². The first-order valence-corrected chi connectivity index (χ1v) is 7.45. The van der Waals surface area contributed by atoms with E-state index in [0.717, 1.165) is 12.1 Å². The summed E-state index contributed by atoms with van der Waals surface area (Å²) in [6.45, 7) is 0.0257. The summed E-state index contributed by atoms with van der Waals surface area (Å²) in [5, 5.41) is 37.2. The number of aromatic nitrogens is 2. The Morgan fingerprint density at radius 3 is 2.85 bits per heavy atom. The highest BCUT2D eigenvalue weighted by Crippen LogP contribution is 2.23. The highest BCUT2D eigenvalue weighted by atomic mass is 35.5. The molecule has 10 nitrogen and oxygen atoms in total. The Balaban J connectivity index is 2.18. The number of nitrogens with zero attached hydrogens (tertiary/aromatic N) is 6. The third kappa shape index (κ3) is 4.24. The Hall–Kier alpha value is -3.23. The van der Waals surface area contributed by atoms with Gasteiger partial charge in [-0.3, -0.25) is 10.6 Å². The van der Waals surface area contributed by atoms with Crippen LogP contribution in [0.5, 0.6) is 0 Å². The number of hydroxylamine groups is 1. The summed E-state index contributed by atoms with van der Waals surface area (Å²) in [4.78, 5) is 5.16. The van der Waals surface area contributed by atoms with Crippen LogP contribution in [0.3, 0.4) is 0 Å². The second kappa shape index (κ2) is 8.24. The number of hydrogen-bond donors (Lipinski definition) is 3. The number of anilines is 1. The highest BCUT2D eigenvalue weighted by molar-refractivity contribution is 6.31. The maximum atomic E-state index is 13.2. The van der Waals surface area contributed by atoms with Crippen molar-refractivity contribution in [2.75, 3.05) is 19.2 Å². The van der Waals surface area contributed by atoms with E-state index in [-0.39, 0.29) is 34.6 Å². The normalized spacial score (nSPS) is 11.0. The quantitative estimate of drug-likeness (QED) is 0.314. The molecule has 1 heterocycles. The van der Waals surface area contributed by atoms with Crippen molar-refractivity contribution >= 4 is 29.1 Å². The van der Waals surface area contributed by atoms with E-state index >= 15 is 0 Å². The van der Waals surface area contributed by atoms with Crippen LogP contribution in [-0.4, -0.2) is 46.3 Å². The second-order valence-corrected chi connectivity index (χ2v) is 5.51. The molecule has 0 aliphatic heterocycles. The predicted molar refractivity (Wildman–Crippen MR) is 90.4 cm³/mol. The van der Waals surface area contributed by atoms with Gasteiger partial charge >= 0.3 is 0 Å². The summed E-state index contributed by atoms with van der Waals surface area (Å²) in [5.74, 6) is -0.857. The zero-order valence-corrected chi connectivity index (χ0v) is 14.5. The van der Waals surface area contributed by atoms with Crippen LogP contribution < -0.4 is 10.4 Å². The van der Waals surface area contributed by atoms with E-state index in [9.17, 15) is 9.60 Å². The molecule has 2 rings (SSSR count). The molecular weight excluding hydrogens is 367 g/mol. The summed E-state index contributed by atoms with van der Waals surface area (Å²) >= 11 is 5.68. The van der Waals surface area contributed by atoms with Gasteiger partial charge in [0.05, 0.1) is 17.3 Å². The molecular formula is C14H14ClFN8O2. The number of halogens is 2. The van der Waals surface area contributed by atoms with Crippen molar-refractivity contribution in [2.24, 2.45) is 4.99 Å². The van der Waals surface area contributed by atoms with Crippen LogP contribution in [0.2, 0.25) is 5.02 Å². The van der Waals surface area contributed by atoms with Gasteiger partial charge in [0.15, 0.2) is 11.5 Å². The SMILES string of the molecule is CN(C)/C(=N\C#N)NCc1nonc1C(=N)N(O)c1ccc(F)c(Cl)c1. The largest absolute Gasteiger partial charge is 0.349 e. The van der Waals surface area contributed by atoms with Crippen LogP contribution in [0.15, 0.2) is 27.8 Å². The van der Waals surface area contributed by atoms with Crippen LogP contribution in [-0.2, 0) is 6.54 Å². The van der Waals surface area contributed by atoms with Crippen LogP contribution in [0.4, 0.5) is 10.1 Å². The fourth-order valence-electron chi connectivity index (χ4n) is 1.86. The summed E-state index contributed by atoms with van der Waals surface area (Å²) in [7, 11) is 3.36. The molecule has 0 aliphatic carbocycles. The van der Waals surface area contributed by atoms with Crippen molar-refractivity contribution in [3.05, 3.63) is 40.4 Å². The maximum absolute atomic E-state index is 13.2. The number of nitrogens with one attached hydrogen (secondary N) is 2. The van der Waals surface area contributed by atoms with Gasteiger partial charge in [0, 0.05) is 14.1 Å². The lowest BCUT2D eigenvalue weighted by molar-refractivity contribution is 0.297. The Morgan fingerprint density at radius 2 is 2.23 bits per heavy atom. The molecule has 0 bridgehead atoms. The highest BCUT2D eigenvalue weighted by Gasteiger charge is 2.22. The van der Waals surface area contributed by atoms with E-state index in [1.807, 2.05) is 0 Å². The minimum absolute atomic E-state index is 0.0257. The lowest BCUT2D eigenvalue weighted by atomic mass is 10.2. The number of benzene rings is 1. The average molecular weight is 381 g/mol. The van der Waals surface area contributed by atoms with Crippen molar-refractivity contribution in [3.8, 4) is 6.19 Å². The monoisotopic (exact) mass is 380 g/mol. The van der Waals surface area contributed by atoms with Gasteiger partial charge in [-0.25, -0.2) is 14.1 Å². The molecule has 1 aromatic heterocycles. The van der Waals surface area contributed by atoms with Gasteiger partial charge in [0.25, 0.3) is 0 Å². The Bertz CT molecular complexity index is 876. The molecule has 2 aromatic rings. The van der Waals surface area contributed by atoms with E-state index in [0.29, 0.717) is 5.06 Å². The van der Waals surface area contributed by atoms with Gasteiger partial charge in [-0.05, 0) is 23.4 Å². The summed E-state index contributed by atoms with van der Waals surface area (Å²) in [6, 6.07) is 3.45. The maximum Gasteiger partial charge on any atom is 0.209 e. The molecule has 0 amide bonds. The van der Waals surface area contributed by atoms with Crippen molar-refractivity contribution in [2.45, 2.75) is 6.54 Å². The van der Waals surface area contributed by atoms with E-state index in [1.165, 1.54) is 6.07 Å². The van der Waals surface area contributed by atoms with Crippen molar-refractivity contribution in [3.63, 3.8) is 0 Å². The van der Waals surface area contributed by atoms with Gasteiger partial charge in [-0.1, -0.05) is 16.8 Å². The average Bonchev–Trinajstić information content (AvgIpc) is 3.07. The lowest BCUT2D eigenvalue weighted by Crippen LogP contribution is -2.36. The first-order chi connectivity index (χ1) is 12.3. The molecule has 0 radical (unpaired) electrons. The summed E-state index contributed by atoms with van der Waals surface area (Å²) < 4.78 is 17.9. The molecule has 26 heavy (non-hydrogen) atoms. The lowest BCUT2D eigenvalue weighted by Gasteiger charge is -2.17. The summed E-state index contributed by atoms with van der Waals surface area (Å²) in [6.07, 6.45) is 1.66. The molecule has 0 saturated heterocycles. The van der Waals surface area contributed by atoms with Gasteiger partial charge in [-0.15, -0.1) is 4.99 Å². The minimum atomic E-state index is -0.656. The van der Waals surface area contributed by atoms with E-state index in [1.54, 1.807) is 25.2 Å². The van der Waals surface area contributed by atoms with Crippen molar-refractivity contribution in [1.82, 2.24) is 20.5 Å². The fraction of sp³-hybridized carbons (Fsp3) is 0.214. The van der Waals surface area contributed by atoms with Gasteiger partial charge < -0.3 is 10.2 Å². The second-order valence-electron chi connectivity index (χ2n) is 5.10. The van der Waals surface area contributed by atoms with Gasteiger partial charge in [0.1, 0.15) is 11.5 Å². The topological polar surface area (TPSA) is 138 Å². The number of aliphatic imine (C=N–C) groups is 1.